The Labute approximate surface area is 160 Å². The number of aromatic amines is 1. The van der Waals surface area contributed by atoms with Gasteiger partial charge in [0.2, 0.25) is 5.91 Å². The van der Waals surface area contributed by atoms with Gasteiger partial charge in [0.15, 0.2) is 11.5 Å². The van der Waals surface area contributed by atoms with Gasteiger partial charge in [0.05, 0.1) is 17.5 Å². The number of anilines is 1. The molecule has 1 saturated carbocycles. The van der Waals surface area contributed by atoms with E-state index in [0.29, 0.717) is 33.7 Å². The number of H-pyrrole nitrogens is 1. The minimum absolute atomic E-state index is 0.0513. The maximum Gasteiger partial charge on any atom is 0.272 e. The third-order valence-corrected chi connectivity index (χ3v) is 5.29. The number of carbonyl (C=O) groups excluding carboxylic acids is 1. The van der Waals surface area contributed by atoms with Gasteiger partial charge < -0.3 is 14.8 Å². The van der Waals surface area contributed by atoms with E-state index in [1.807, 2.05) is 12.1 Å². The lowest BCUT2D eigenvalue weighted by molar-refractivity contribution is -0.115. The van der Waals surface area contributed by atoms with Crippen molar-refractivity contribution in [2.45, 2.75) is 37.9 Å². The summed E-state index contributed by atoms with van der Waals surface area (Å²) in [4.78, 5) is 24.4. The smallest absolute Gasteiger partial charge is 0.272 e. The fourth-order valence-corrected chi connectivity index (χ4v) is 3.95. The second-order valence-corrected chi connectivity index (χ2v) is 7.25. The van der Waals surface area contributed by atoms with Gasteiger partial charge in [0, 0.05) is 30.0 Å². The Morgan fingerprint density at radius 2 is 1.82 bits per heavy atom. The van der Waals surface area contributed by atoms with Crippen LogP contribution in [0.5, 0.6) is 11.5 Å². The van der Waals surface area contributed by atoms with Crippen LogP contribution in [-0.4, -0.2) is 21.9 Å². The number of ether oxygens (including phenoxy) is 2. The molecule has 7 nitrogen and oxygen atoms in total. The zero-order chi connectivity index (χ0) is 19.1. The summed E-state index contributed by atoms with van der Waals surface area (Å²) in [6.07, 6.45) is 4.01. The molecule has 142 valence electrons. The number of fused-ring (bicyclic) bond motifs is 2. The minimum atomic E-state index is -0.524. The number of benzene rings is 2. The van der Waals surface area contributed by atoms with E-state index < -0.39 is 5.79 Å². The highest BCUT2D eigenvalue weighted by Gasteiger charge is 2.44. The third kappa shape index (κ3) is 2.89. The van der Waals surface area contributed by atoms with Gasteiger partial charge in [-0.2, -0.15) is 5.10 Å². The van der Waals surface area contributed by atoms with E-state index in [1.165, 1.54) is 0 Å². The van der Waals surface area contributed by atoms with Crippen molar-refractivity contribution >= 4 is 22.4 Å². The van der Waals surface area contributed by atoms with Gasteiger partial charge in [-0.25, -0.2) is 5.10 Å². The van der Waals surface area contributed by atoms with E-state index in [-0.39, 0.29) is 17.9 Å². The quantitative estimate of drug-likeness (QED) is 0.731. The Hall–Kier alpha value is -3.35. The van der Waals surface area contributed by atoms with Crippen LogP contribution in [-0.2, 0) is 11.2 Å². The van der Waals surface area contributed by atoms with Crippen LogP contribution < -0.4 is 20.3 Å². The van der Waals surface area contributed by atoms with Crippen molar-refractivity contribution in [3.8, 4) is 11.5 Å². The lowest BCUT2D eigenvalue weighted by Crippen LogP contribution is -2.34. The van der Waals surface area contributed by atoms with Crippen molar-refractivity contribution in [3.63, 3.8) is 0 Å². The van der Waals surface area contributed by atoms with Crippen LogP contribution in [0.2, 0.25) is 0 Å². The predicted octanol–water partition coefficient (Wildman–Crippen LogP) is 3.15. The Morgan fingerprint density at radius 1 is 1.07 bits per heavy atom. The van der Waals surface area contributed by atoms with E-state index in [4.69, 9.17) is 9.47 Å². The molecular weight excluding hydrogens is 358 g/mol. The second-order valence-electron chi connectivity index (χ2n) is 7.25. The maximum atomic E-state index is 12.5. The Balaban J connectivity index is 1.34. The molecule has 1 fully saturated rings. The van der Waals surface area contributed by atoms with Crippen LogP contribution in [0.25, 0.3) is 10.8 Å². The summed E-state index contributed by atoms with van der Waals surface area (Å²) in [6.45, 7) is 0. The van der Waals surface area contributed by atoms with Crippen molar-refractivity contribution in [3.05, 3.63) is 58.5 Å². The van der Waals surface area contributed by atoms with Crippen molar-refractivity contribution in [1.82, 2.24) is 10.2 Å². The summed E-state index contributed by atoms with van der Waals surface area (Å²) in [5, 5.41) is 10.6. The van der Waals surface area contributed by atoms with Crippen molar-refractivity contribution in [1.29, 1.82) is 0 Å². The van der Waals surface area contributed by atoms with Gasteiger partial charge in [0.1, 0.15) is 0 Å². The molecule has 2 aliphatic rings. The van der Waals surface area contributed by atoms with Crippen molar-refractivity contribution in [2.75, 3.05) is 5.32 Å². The van der Waals surface area contributed by atoms with Crippen LogP contribution in [0.1, 0.15) is 31.4 Å². The first-order chi connectivity index (χ1) is 13.6. The SMILES string of the molecule is O=C(Cc1n[nH]c(=O)c2ccccc12)Nc1ccc2c(c1)OC1(CCCC1)O2. The van der Waals surface area contributed by atoms with E-state index >= 15 is 0 Å². The Bertz CT molecular complexity index is 1130. The molecule has 2 heterocycles. The highest BCUT2D eigenvalue weighted by Crippen LogP contribution is 2.47. The number of carbonyl (C=O) groups is 1. The van der Waals surface area contributed by atoms with Crippen LogP contribution in [0, 0.1) is 0 Å². The lowest BCUT2D eigenvalue weighted by atomic mass is 10.1. The van der Waals surface area contributed by atoms with Crippen LogP contribution in [0.15, 0.2) is 47.3 Å². The summed E-state index contributed by atoms with van der Waals surface area (Å²) < 4.78 is 12.0. The van der Waals surface area contributed by atoms with E-state index in [2.05, 4.69) is 15.5 Å². The summed E-state index contributed by atoms with van der Waals surface area (Å²) in [5.41, 5.74) is 0.894. The number of amides is 1. The molecule has 1 spiro atoms. The largest absolute Gasteiger partial charge is 0.448 e. The minimum Gasteiger partial charge on any atom is -0.448 e. The molecule has 1 amide bonds. The molecule has 0 saturated heterocycles. The molecule has 3 aromatic rings. The molecule has 5 rings (SSSR count). The normalized spacial score (nSPS) is 16.6. The molecule has 0 atom stereocenters. The van der Waals surface area contributed by atoms with Crippen LogP contribution in [0.3, 0.4) is 0 Å². The molecule has 0 radical (unpaired) electrons. The Morgan fingerprint density at radius 3 is 2.64 bits per heavy atom. The number of aromatic nitrogens is 2. The van der Waals surface area contributed by atoms with Gasteiger partial charge in [0.25, 0.3) is 11.3 Å². The van der Waals surface area contributed by atoms with Gasteiger partial charge >= 0.3 is 0 Å². The third-order valence-electron chi connectivity index (χ3n) is 5.29. The first kappa shape index (κ1) is 16.8. The number of nitrogens with one attached hydrogen (secondary N) is 2. The molecule has 2 N–H and O–H groups in total. The average molecular weight is 377 g/mol. The molecular formula is C21H19N3O4. The van der Waals surface area contributed by atoms with Crippen molar-refractivity contribution < 1.29 is 14.3 Å². The fraction of sp³-hybridized carbons (Fsp3) is 0.286. The Kier molecular flexibility index (Phi) is 3.82. The number of nitrogens with zero attached hydrogens (tertiary/aromatic N) is 1. The monoisotopic (exact) mass is 377 g/mol. The zero-order valence-electron chi connectivity index (χ0n) is 15.2. The molecule has 0 unspecified atom stereocenters. The zero-order valence-corrected chi connectivity index (χ0v) is 15.2. The van der Waals surface area contributed by atoms with Gasteiger partial charge in [-0.3, -0.25) is 9.59 Å². The topological polar surface area (TPSA) is 93.3 Å². The number of hydrogen-bond acceptors (Lipinski definition) is 5. The van der Waals surface area contributed by atoms with E-state index in [0.717, 1.165) is 25.7 Å². The molecule has 7 heteroatoms. The highest BCUT2D eigenvalue weighted by atomic mass is 16.7. The molecule has 2 aromatic carbocycles. The second kappa shape index (κ2) is 6.37. The first-order valence-corrected chi connectivity index (χ1v) is 9.40. The fourth-order valence-electron chi connectivity index (χ4n) is 3.95. The summed E-state index contributed by atoms with van der Waals surface area (Å²) in [7, 11) is 0. The molecule has 28 heavy (non-hydrogen) atoms. The number of rotatable bonds is 3. The first-order valence-electron chi connectivity index (χ1n) is 9.40. The van der Waals surface area contributed by atoms with Crippen LogP contribution in [0.4, 0.5) is 5.69 Å². The molecule has 0 bridgehead atoms. The number of hydrogen-bond donors (Lipinski definition) is 2. The summed E-state index contributed by atoms with van der Waals surface area (Å²) in [5.74, 6) is 0.628. The van der Waals surface area contributed by atoms with Crippen molar-refractivity contribution in [2.24, 2.45) is 0 Å². The van der Waals surface area contributed by atoms with E-state index in [9.17, 15) is 9.59 Å². The lowest BCUT2D eigenvalue weighted by Gasteiger charge is -2.21. The summed E-state index contributed by atoms with van der Waals surface area (Å²) >= 11 is 0. The highest BCUT2D eigenvalue weighted by molar-refractivity contribution is 5.95. The average Bonchev–Trinajstić information content (AvgIpc) is 3.30. The van der Waals surface area contributed by atoms with E-state index in [1.54, 1.807) is 30.3 Å². The molecule has 1 aliphatic heterocycles. The predicted molar refractivity (Wildman–Crippen MR) is 104 cm³/mol. The summed E-state index contributed by atoms with van der Waals surface area (Å²) in [6, 6.07) is 12.5. The van der Waals surface area contributed by atoms with Gasteiger partial charge in [-0.1, -0.05) is 18.2 Å². The molecule has 1 aromatic heterocycles. The maximum absolute atomic E-state index is 12.5. The van der Waals surface area contributed by atoms with Gasteiger partial charge in [-0.05, 0) is 31.0 Å². The molecule has 1 aliphatic carbocycles. The standard InChI is InChI=1S/C21H19N3O4/c25-19(12-16-14-5-1-2-6-15(14)20(26)24-23-16)22-13-7-8-17-18(11-13)28-21(27-17)9-3-4-10-21/h1-2,5-8,11H,3-4,9-10,12H2,(H,22,25)(H,24,26). The van der Waals surface area contributed by atoms with Crippen LogP contribution >= 0.6 is 0 Å². The van der Waals surface area contributed by atoms with Gasteiger partial charge in [-0.15, -0.1) is 0 Å².